The molecule has 2 rings (SSSR count). The molecule has 2 unspecified atom stereocenters. The highest BCUT2D eigenvalue weighted by Gasteiger charge is 2.26. The average molecular weight is 244 g/mol. The van der Waals surface area contributed by atoms with Gasteiger partial charge in [0.2, 0.25) is 0 Å². The molecule has 3 nitrogen and oxygen atoms in total. The quantitative estimate of drug-likeness (QED) is 0.801. The van der Waals surface area contributed by atoms with Gasteiger partial charge in [0.25, 0.3) is 0 Å². The molecule has 0 saturated carbocycles. The van der Waals surface area contributed by atoms with Gasteiger partial charge in [0, 0.05) is 18.7 Å². The second-order valence-electron chi connectivity index (χ2n) is 5.05. The number of hydrogen-bond donors (Lipinski definition) is 0. The van der Waals surface area contributed by atoms with Gasteiger partial charge in [-0.05, 0) is 37.8 Å². The van der Waals surface area contributed by atoms with Crippen LogP contribution in [0.15, 0.2) is 18.2 Å². The summed E-state index contributed by atoms with van der Waals surface area (Å²) in [5.74, 6) is 1.48. The van der Waals surface area contributed by atoms with Crippen molar-refractivity contribution in [3.05, 3.63) is 23.8 Å². The van der Waals surface area contributed by atoms with E-state index in [1.54, 1.807) is 7.11 Å². The van der Waals surface area contributed by atoms with E-state index < -0.39 is 0 Å². The maximum atomic E-state index is 9.25. The SMILES string of the molecule is COc1ccc(C#N)c(N2CCCC(C)C2C)c1. The number of piperidine rings is 1. The summed E-state index contributed by atoms with van der Waals surface area (Å²) < 4.78 is 5.27. The first-order valence-electron chi connectivity index (χ1n) is 6.52. The van der Waals surface area contributed by atoms with Crippen molar-refractivity contribution in [1.82, 2.24) is 0 Å². The van der Waals surface area contributed by atoms with E-state index in [0.717, 1.165) is 23.5 Å². The topological polar surface area (TPSA) is 36.3 Å². The zero-order valence-electron chi connectivity index (χ0n) is 11.3. The molecule has 1 heterocycles. The van der Waals surface area contributed by atoms with Gasteiger partial charge in [-0.15, -0.1) is 0 Å². The summed E-state index contributed by atoms with van der Waals surface area (Å²) in [6, 6.07) is 8.43. The van der Waals surface area contributed by atoms with Crippen molar-refractivity contribution in [1.29, 1.82) is 5.26 Å². The average Bonchev–Trinajstić information content (AvgIpc) is 2.41. The molecule has 1 aromatic rings. The lowest BCUT2D eigenvalue weighted by Crippen LogP contribution is -2.42. The van der Waals surface area contributed by atoms with E-state index in [1.807, 2.05) is 18.2 Å². The molecule has 1 aliphatic heterocycles. The summed E-state index contributed by atoms with van der Waals surface area (Å²) in [5.41, 5.74) is 1.74. The molecule has 18 heavy (non-hydrogen) atoms. The lowest BCUT2D eigenvalue weighted by molar-refractivity contribution is 0.362. The van der Waals surface area contributed by atoms with Crippen LogP contribution in [-0.2, 0) is 0 Å². The van der Waals surface area contributed by atoms with E-state index >= 15 is 0 Å². The molecule has 0 N–H and O–H groups in total. The van der Waals surface area contributed by atoms with E-state index in [9.17, 15) is 5.26 Å². The standard InChI is InChI=1S/C15H20N2O/c1-11-5-4-8-17(12(11)2)15-9-14(18-3)7-6-13(15)10-16/h6-7,9,11-12H,4-5,8H2,1-3H3. The van der Waals surface area contributed by atoms with Crippen molar-refractivity contribution in [2.75, 3.05) is 18.6 Å². The van der Waals surface area contributed by atoms with Gasteiger partial charge in [-0.2, -0.15) is 5.26 Å². The molecule has 3 heteroatoms. The number of hydrogen-bond acceptors (Lipinski definition) is 3. The van der Waals surface area contributed by atoms with Crippen LogP contribution >= 0.6 is 0 Å². The first-order chi connectivity index (χ1) is 8.67. The number of benzene rings is 1. The fourth-order valence-corrected chi connectivity index (χ4v) is 2.65. The Balaban J connectivity index is 2.39. The van der Waals surface area contributed by atoms with Crippen LogP contribution in [0.4, 0.5) is 5.69 Å². The minimum Gasteiger partial charge on any atom is -0.497 e. The Morgan fingerprint density at radius 2 is 2.17 bits per heavy atom. The molecule has 1 fully saturated rings. The Kier molecular flexibility index (Phi) is 3.76. The lowest BCUT2D eigenvalue weighted by Gasteiger charge is -2.40. The maximum Gasteiger partial charge on any atom is 0.121 e. The van der Waals surface area contributed by atoms with Crippen molar-refractivity contribution >= 4 is 5.69 Å². The van der Waals surface area contributed by atoms with Crippen LogP contribution in [0.1, 0.15) is 32.3 Å². The minimum absolute atomic E-state index is 0.470. The zero-order valence-corrected chi connectivity index (χ0v) is 11.3. The van der Waals surface area contributed by atoms with Gasteiger partial charge < -0.3 is 9.64 Å². The van der Waals surface area contributed by atoms with Crippen LogP contribution < -0.4 is 9.64 Å². The smallest absolute Gasteiger partial charge is 0.121 e. The molecular weight excluding hydrogens is 224 g/mol. The van der Waals surface area contributed by atoms with Crippen LogP contribution in [0.25, 0.3) is 0 Å². The van der Waals surface area contributed by atoms with E-state index in [1.165, 1.54) is 12.8 Å². The van der Waals surface area contributed by atoms with Gasteiger partial charge in [0.15, 0.2) is 0 Å². The second kappa shape index (κ2) is 5.30. The predicted octanol–water partition coefficient (Wildman–Crippen LogP) is 3.19. The molecule has 2 atom stereocenters. The Bertz CT molecular complexity index is 464. The molecule has 0 spiro atoms. The number of ether oxygens (including phenoxy) is 1. The summed E-state index contributed by atoms with van der Waals surface area (Å²) in [4.78, 5) is 2.34. The molecule has 0 aliphatic carbocycles. The maximum absolute atomic E-state index is 9.25. The van der Waals surface area contributed by atoms with E-state index in [0.29, 0.717) is 12.0 Å². The molecule has 0 bridgehead atoms. The van der Waals surface area contributed by atoms with Crippen molar-refractivity contribution in [2.45, 2.75) is 32.7 Å². The van der Waals surface area contributed by atoms with E-state index in [-0.39, 0.29) is 0 Å². The lowest BCUT2D eigenvalue weighted by atomic mass is 9.91. The second-order valence-corrected chi connectivity index (χ2v) is 5.05. The van der Waals surface area contributed by atoms with Gasteiger partial charge in [-0.25, -0.2) is 0 Å². The number of anilines is 1. The number of nitriles is 1. The van der Waals surface area contributed by atoms with Crippen LogP contribution in [-0.4, -0.2) is 19.7 Å². The fraction of sp³-hybridized carbons (Fsp3) is 0.533. The molecule has 1 aliphatic rings. The molecule has 0 amide bonds. The Labute approximate surface area is 109 Å². The molecule has 0 aromatic heterocycles. The van der Waals surface area contributed by atoms with Crippen LogP contribution in [0.3, 0.4) is 0 Å². The normalized spacial score (nSPS) is 23.6. The molecule has 96 valence electrons. The van der Waals surface area contributed by atoms with E-state index in [4.69, 9.17) is 4.74 Å². The highest BCUT2D eigenvalue weighted by molar-refractivity contribution is 5.63. The Morgan fingerprint density at radius 1 is 1.39 bits per heavy atom. The van der Waals surface area contributed by atoms with Gasteiger partial charge in [0.1, 0.15) is 11.8 Å². The van der Waals surface area contributed by atoms with Crippen molar-refractivity contribution in [3.63, 3.8) is 0 Å². The number of methoxy groups -OCH3 is 1. The van der Waals surface area contributed by atoms with Crippen molar-refractivity contribution < 1.29 is 4.74 Å². The highest BCUT2D eigenvalue weighted by atomic mass is 16.5. The summed E-state index contributed by atoms with van der Waals surface area (Å²) in [6.07, 6.45) is 2.46. The Morgan fingerprint density at radius 3 is 2.83 bits per heavy atom. The van der Waals surface area contributed by atoms with E-state index in [2.05, 4.69) is 24.8 Å². The predicted molar refractivity (Wildman–Crippen MR) is 72.9 cm³/mol. The highest BCUT2D eigenvalue weighted by Crippen LogP contribution is 2.32. The molecule has 1 aromatic carbocycles. The fourth-order valence-electron chi connectivity index (χ4n) is 2.65. The zero-order chi connectivity index (χ0) is 13.1. The summed E-state index contributed by atoms with van der Waals surface area (Å²) >= 11 is 0. The van der Waals surface area contributed by atoms with Crippen LogP contribution in [0.2, 0.25) is 0 Å². The van der Waals surface area contributed by atoms with Crippen molar-refractivity contribution in [2.24, 2.45) is 5.92 Å². The summed E-state index contributed by atoms with van der Waals surface area (Å²) in [5, 5.41) is 9.25. The Hall–Kier alpha value is -1.69. The van der Waals surface area contributed by atoms with Gasteiger partial charge in [-0.1, -0.05) is 6.92 Å². The molecular formula is C15H20N2O. The monoisotopic (exact) mass is 244 g/mol. The molecule has 1 saturated heterocycles. The first kappa shape index (κ1) is 12.8. The van der Waals surface area contributed by atoms with Gasteiger partial charge in [0.05, 0.1) is 18.4 Å². The van der Waals surface area contributed by atoms with Gasteiger partial charge in [-0.3, -0.25) is 0 Å². The van der Waals surface area contributed by atoms with Gasteiger partial charge >= 0.3 is 0 Å². The third kappa shape index (κ3) is 2.28. The first-order valence-corrected chi connectivity index (χ1v) is 6.52. The molecule has 0 radical (unpaired) electrons. The minimum atomic E-state index is 0.470. The van der Waals surface area contributed by atoms with Crippen LogP contribution in [0.5, 0.6) is 5.75 Å². The largest absolute Gasteiger partial charge is 0.497 e. The summed E-state index contributed by atoms with van der Waals surface area (Å²) in [7, 11) is 1.66. The number of rotatable bonds is 2. The number of nitrogens with zero attached hydrogens (tertiary/aromatic N) is 2. The third-order valence-electron chi connectivity index (χ3n) is 4.01. The van der Waals surface area contributed by atoms with Crippen LogP contribution in [0, 0.1) is 17.2 Å². The summed E-state index contributed by atoms with van der Waals surface area (Å²) in [6.45, 7) is 5.54. The third-order valence-corrected chi connectivity index (χ3v) is 4.01. The van der Waals surface area contributed by atoms with Crippen molar-refractivity contribution in [3.8, 4) is 11.8 Å².